The highest BCUT2D eigenvalue weighted by Crippen LogP contribution is 2.23. The Morgan fingerprint density at radius 3 is 2.22 bits per heavy atom. The number of furan rings is 1. The van der Waals surface area contributed by atoms with Crippen LogP contribution in [0.2, 0.25) is 0 Å². The van der Waals surface area contributed by atoms with E-state index in [-0.39, 0.29) is 11.8 Å². The molecule has 3 rings (SSSR count). The Balaban J connectivity index is 1.54. The molecule has 2 saturated heterocycles. The van der Waals surface area contributed by atoms with Crippen molar-refractivity contribution in [2.45, 2.75) is 45.4 Å². The van der Waals surface area contributed by atoms with E-state index in [0.29, 0.717) is 24.8 Å². The van der Waals surface area contributed by atoms with E-state index >= 15 is 0 Å². The molecule has 23 heavy (non-hydrogen) atoms. The maximum atomic E-state index is 12.7. The largest absolute Gasteiger partial charge is 0.459 e. The predicted octanol–water partition coefficient (Wildman–Crippen LogP) is 2.84. The average molecular weight is 318 g/mol. The molecule has 5 nitrogen and oxygen atoms in total. The molecule has 1 aromatic heterocycles. The van der Waals surface area contributed by atoms with Crippen LogP contribution in [0.1, 0.15) is 54.6 Å². The number of hydrogen-bond acceptors (Lipinski definition) is 3. The van der Waals surface area contributed by atoms with E-state index in [1.54, 1.807) is 6.26 Å². The number of carbonyl (C=O) groups is 2. The smallest absolute Gasteiger partial charge is 0.289 e. The Labute approximate surface area is 137 Å². The number of nitrogens with zero attached hydrogens (tertiary/aromatic N) is 2. The van der Waals surface area contributed by atoms with E-state index in [4.69, 9.17) is 4.42 Å². The minimum Gasteiger partial charge on any atom is -0.459 e. The van der Waals surface area contributed by atoms with Crippen LogP contribution in [0.15, 0.2) is 16.7 Å². The van der Waals surface area contributed by atoms with Gasteiger partial charge in [0.05, 0.1) is 6.26 Å². The first-order valence-electron chi connectivity index (χ1n) is 8.79. The summed E-state index contributed by atoms with van der Waals surface area (Å²) < 4.78 is 5.30. The third-order valence-electron chi connectivity index (χ3n) is 5.11. The summed E-state index contributed by atoms with van der Waals surface area (Å²) in [4.78, 5) is 29.0. The third-order valence-corrected chi connectivity index (χ3v) is 5.11. The maximum absolute atomic E-state index is 12.7. The molecule has 0 saturated carbocycles. The fourth-order valence-electron chi connectivity index (χ4n) is 3.61. The molecule has 3 heterocycles. The molecule has 0 radical (unpaired) electrons. The van der Waals surface area contributed by atoms with Gasteiger partial charge in [0.2, 0.25) is 5.91 Å². The van der Waals surface area contributed by atoms with E-state index in [1.807, 2.05) is 22.8 Å². The minimum absolute atomic E-state index is 0.0480. The van der Waals surface area contributed by atoms with Crippen molar-refractivity contribution in [2.75, 3.05) is 26.2 Å². The zero-order valence-corrected chi connectivity index (χ0v) is 13.9. The summed E-state index contributed by atoms with van der Waals surface area (Å²) in [5.41, 5.74) is 0.873. The van der Waals surface area contributed by atoms with Crippen LogP contribution in [0.25, 0.3) is 0 Å². The molecule has 5 heteroatoms. The lowest BCUT2D eigenvalue weighted by atomic mass is 9.95. The van der Waals surface area contributed by atoms with Gasteiger partial charge < -0.3 is 14.2 Å². The second kappa shape index (κ2) is 7.20. The fourth-order valence-corrected chi connectivity index (χ4v) is 3.61. The summed E-state index contributed by atoms with van der Waals surface area (Å²) in [5.74, 6) is 0.762. The molecule has 2 aliphatic rings. The van der Waals surface area contributed by atoms with Crippen LogP contribution in [-0.2, 0) is 4.79 Å². The van der Waals surface area contributed by atoms with Crippen LogP contribution >= 0.6 is 0 Å². The van der Waals surface area contributed by atoms with Crippen molar-refractivity contribution >= 4 is 11.8 Å². The molecule has 0 spiro atoms. The zero-order valence-electron chi connectivity index (χ0n) is 13.9. The van der Waals surface area contributed by atoms with Gasteiger partial charge >= 0.3 is 0 Å². The number of amides is 2. The number of piperidine rings is 1. The van der Waals surface area contributed by atoms with E-state index < -0.39 is 0 Å². The van der Waals surface area contributed by atoms with Crippen LogP contribution < -0.4 is 0 Å². The van der Waals surface area contributed by atoms with Crippen molar-refractivity contribution in [3.8, 4) is 0 Å². The summed E-state index contributed by atoms with van der Waals surface area (Å²) in [6.07, 6.45) is 7.81. The molecule has 0 aliphatic carbocycles. The van der Waals surface area contributed by atoms with Gasteiger partial charge in [0.1, 0.15) is 0 Å². The molecule has 0 N–H and O–H groups in total. The van der Waals surface area contributed by atoms with Gasteiger partial charge in [-0.2, -0.15) is 0 Å². The molecular formula is C18H26N2O3. The monoisotopic (exact) mass is 318 g/mol. The molecule has 1 aromatic rings. The Kier molecular flexibility index (Phi) is 5.03. The summed E-state index contributed by atoms with van der Waals surface area (Å²) in [6.45, 7) is 4.98. The van der Waals surface area contributed by atoms with Crippen molar-refractivity contribution in [3.63, 3.8) is 0 Å². The van der Waals surface area contributed by atoms with Gasteiger partial charge in [-0.1, -0.05) is 12.8 Å². The lowest BCUT2D eigenvalue weighted by Crippen LogP contribution is -2.44. The van der Waals surface area contributed by atoms with Gasteiger partial charge in [0.15, 0.2) is 5.76 Å². The van der Waals surface area contributed by atoms with Gasteiger partial charge in [-0.15, -0.1) is 0 Å². The van der Waals surface area contributed by atoms with Gasteiger partial charge in [-0.25, -0.2) is 0 Å². The van der Waals surface area contributed by atoms with Crippen LogP contribution in [0.4, 0.5) is 0 Å². The van der Waals surface area contributed by atoms with Gasteiger partial charge in [0, 0.05) is 37.7 Å². The van der Waals surface area contributed by atoms with E-state index in [1.165, 1.54) is 12.8 Å². The molecule has 0 unspecified atom stereocenters. The number of rotatable bonds is 2. The van der Waals surface area contributed by atoms with Gasteiger partial charge in [0.25, 0.3) is 5.91 Å². The number of hydrogen-bond donors (Lipinski definition) is 0. The van der Waals surface area contributed by atoms with Crippen LogP contribution in [-0.4, -0.2) is 47.8 Å². The molecule has 2 amide bonds. The lowest BCUT2D eigenvalue weighted by Gasteiger charge is -2.33. The molecule has 2 aliphatic heterocycles. The van der Waals surface area contributed by atoms with Gasteiger partial charge in [-0.3, -0.25) is 9.59 Å². The maximum Gasteiger partial charge on any atom is 0.289 e. The molecule has 126 valence electrons. The quantitative estimate of drug-likeness (QED) is 0.842. The van der Waals surface area contributed by atoms with Crippen LogP contribution in [0.3, 0.4) is 0 Å². The van der Waals surface area contributed by atoms with Crippen LogP contribution in [0, 0.1) is 12.8 Å². The number of aryl methyl sites for hydroxylation is 1. The lowest BCUT2D eigenvalue weighted by molar-refractivity contribution is -0.136. The Morgan fingerprint density at radius 2 is 1.65 bits per heavy atom. The highest BCUT2D eigenvalue weighted by atomic mass is 16.3. The summed E-state index contributed by atoms with van der Waals surface area (Å²) in [7, 11) is 0. The van der Waals surface area contributed by atoms with Crippen molar-refractivity contribution < 1.29 is 14.0 Å². The van der Waals surface area contributed by atoms with E-state index in [0.717, 1.165) is 44.3 Å². The zero-order chi connectivity index (χ0) is 16.2. The normalized spacial score (nSPS) is 20.4. The molecule has 0 bridgehead atoms. The second-order valence-electron chi connectivity index (χ2n) is 6.74. The van der Waals surface area contributed by atoms with Gasteiger partial charge in [-0.05, 0) is 38.7 Å². The minimum atomic E-state index is -0.0480. The van der Waals surface area contributed by atoms with Crippen molar-refractivity contribution in [3.05, 3.63) is 23.7 Å². The first kappa shape index (κ1) is 16.1. The van der Waals surface area contributed by atoms with Crippen molar-refractivity contribution in [2.24, 2.45) is 5.92 Å². The average Bonchev–Trinajstić information content (AvgIpc) is 2.84. The molecular weight excluding hydrogens is 292 g/mol. The summed E-state index contributed by atoms with van der Waals surface area (Å²) in [5, 5.41) is 0. The van der Waals surface area contributed by atoms with Crippen molar-refractivity contribution in [1.82, 2.24) is 9.80 Å². The Morgan fingerprint density at radius 1 is 1.00 bits per heavy atom. The Bertz CT molecular complexity index is 550. The summed E-state index contributed by atoms with van der Waals surface area (Å²) in [6, 6.07) is 1.81. The van der Waals surface area contributed by atoms with E-state index in [2.05, 4.69) is 0 Å². The first-order valence-corrected chi connectivity index (χ1v) is 8.79. The predicted molar refractivity (Wildman–Crippen MR) is 87.1 cm³/mol. The molecule has 2 fully saturated rings. The summed E-state index contributed by atoms with van der Waals surface area (Å²) >= 11 is 0. The standard InChI is InChI=1S/C18H26N2O3/c1-14-8-13-23-16(14)18(22)20-11-6-15(7-12-20)17(21)19-9-4-2-3-5-10-19/h8,13,15H,2-7,9-12H2,1H3. The molecule has 0 atom stereocenters. The SMILES string of the molecule is Cc1ccoc1C(=O)N1CCC(C(=O)N2CCCCCC2)CC1. The highest BCUT2D eigenvalue weighted by Gasteiger charge is 2.31. The van der Waals surface area contributed by atoms with Crippen molar-refractivity contribution in [1.29, 1.82) is 0 Å². The number of likely N-dealkylation sites (tertiary alicyclic amines) is 2. The number of carbonyl (C=O) groups excluding carboxylic acids is 2. The highest BCUT2D eigenvalue weighted by molar-refractivity contribution is 5.93. The van der Waals surface area contributed by atoms with E-state index in [9.17, 15) is 9.59 Å². The molecule has 0 aromatic carbocycles. The third kappa shape index (κ3) is 3.59. The fraction of sp³-hybridized carbons (Fsp3) is 0.667. The second-order valence-corrected chi connectivity index (χ2v) is 6.74. The first-order chi connectivity index (χ1) is 11.2. The topological polar surface area (TPSA) is 53.8 Å². The van der Waals surface area contributed by atoms with Crippen LogP contribution in [0.5, 0.6) is 0 Å². The Hall–Kier alpha value is -1.78.